The molecule has 0 radical (unpaired) electrons. The van der Waals surface area contributed by atoms with Crippen LogP contribution in [-0.2, 0) is 22.6 Å². The lowest BCUT2D eigenvalue weighted by atomic mass is 10.1. The first-order chi connectivity index (χ1) is 13.2. The van der Waals surface area contributed by atoms with E-state index in [0.717, 1.165) is 44.0 Å². The van der Waals surface area contributed by atoms with Crippen molar-refractivity contribution >= 4 is 11.6 Å². The molecule has 0 bridgehead atoms. The third-order valence-corrected chi connectivity index (χ3v) is 4.67. The number of amides is 1. The second-order valence-electron chi connectivity index (χ2n) is 6.95. The van der Waals surface area contributed by atoms with Gasteiger partial charge in [0, 0.05) is 31.9 Å². The molecule has 144 valence electrons. The van der Waals surface area contributed by atoms with Crippen LogP contribution in [0, 0.1) is 0 Å². The zero-order valence-corrected chi connectivity index (χ0v) is 16.0. The molecule has 1 aliphatic heterocycles. The average molecular weight is 367 g/mol. The first-order valence-corrected chi connectivity index (χ1v) is 9.70. The molecule has 1 unspecified atom stereocenters. The van der Waals surface area contributed by atoms with Crippen molar-refractivity contribution in [2.75, 3.05) is 31.6 Å². The lowest BCUT2D eigenvalue weighted by Gasteiger charge is -2.32. The number of hydrogen-bond acceptors (Lipinski definition) is 4. The van der Waals surface area contributed by atoms with Crippen LogP contribution in [0.3, 0.4) is 0 Å². The predicted molar refractivity (Wildman–Crippen MR) is 109 cm³/mol. The maximum atomic E-state index is 12.4. The molecule has 1 fully saturated rings. The van der Waals surface area contributed by atoms with Crippen LogP contribution in [0.4, 0.5) is 5.69 Å². The summed E-state index contributed by atoms with van der Waals surface area (Å²) in [5, 5.41) is 6.30. The van der Waals surface area contributed by atoms with Gasteiger partial charge in [-0.3, -0.25) is 9.69 Å². The summed E-state index contributed by atoms with van der Waals surface area (Å²) < 4.78 is 5.82. The second kappa shape index (κ2) is 10.2. The Hall–Kier alpha value is -2.21. The maximum Gasteiger partial charge on any atom is 0.227 e. The Balaban J connectivity index is 1.48. The number of anilines is 1. The summed E-state index contributed by atoms with van der Waals surface area (Å²) in [7, 11) is 0. The van der Waals surface area contributed by atoms with Gasteiger partial charge in [-0.1, -0.05) is 49.4 Å². The summed E-state index contributed by atoms with van der Waals surface area (Å²) in [6.07, 6.45) is 0.315. The molecule has 1 aliphatic rings. The molecule has 27 heavy (non-hydrogen) atoms. The highest BCUT2D eigenvalue weighted by atomic mass is 16.5. The minimum Gasteiger partial charge on any atom is -0.375 e. The van der Waals surface area contributed by atoms with Gasteiger partial charge in [0.15, 0.2) is 0 Å². The van der Waals surface area contributed by atoms with Gasteiger partial charge < -0.3 is 15.4 Å². The van der Waals surface area contributed by atoms with E-state index in [0.29, 0.717) is 13.0 Å². The Bertz CT molecular complexity index is 721. The van der Waals surface area contributed by atoms with Gasteiger partial charge in [-0.2, -0.15) is 0 Å². The van der Waals surface area contributed by atoms with E-state index in [4.69, 9.17) is 4.74 Å². The first kappa shape index (κ1) is 19.5. The summed E-state index contributed by atoms with van der Waals surface area (Å²) in [4.78, 5) is 14.8. The number of carbonyl (C=O) groups is 1. The smallest absolute Gasteiger partial charge is 0.227 e. The molecule has 0 aliphatic carbocycles. The fourth-order valence-electron chi connectivity index (χ4n) is 3.34. The van der Waals surface area contributed by atoms with Crippen LogP contribution >= 0.6 is 0 Å². The van der Waals surface area contributed by atoms with Crippen LogP contribution in [0.25, 0.3) is 0 Å². The topological polar surface area (TPSA) is 53.6 Å². The van der Waals surface area contributed by atoms with E-state index in [1.165, 1.54) is 5.56 Å². The van der Waals surface area contributed by atoms with E-state index in [1.54, 1.807) is 0 Å². The molecule has 5 heteroatoms. The van der Waals surface area contributed by atoms with Gasteiger partial charge in [0.05, 0.1) is 19.1 Å². The number of rotatable bonds is 8. The van der Waals surface area contributed by atoms with Gasteiger partial charge >= 0.3 is 0 Å². The lowest BCUT2D eigenvalue weighted by Crippen LogP contribution is -2.43. The average Bonchev–Trinajstić information content (AvgIpc) is 2.67. The van der Waals surface area contributed by atoms with Crippen molar-refractivity contribution in [1.82, 2.24) is 10.2 Å². The summed E-state index contributed by atoms with van der Waals surface area (Å²) >= 11 is 0. The largest absolute Gasteiger partial charge is 0.375 e. The van der Waals surface area contributed by atoms with E-state index in [2.05, 4.69) is 52.8 Å². The third kappa shape index (κ3) is 6.47. The highest BCUT2D eigenvalue weighted by Gasteiger charge is 2.23. The van der Waals surface area contributed by atoms with Crippen LogP contribution in [0.2, 0.25) is 0 Å². The van der Waals surface area contributed by atoms with Crippen molar-refractivity contribution < 1.29 is 9.53 Å². The highest BCUT2D eigenvalue weighted by Crippen LogP contribution is 2.15. The van der Waals surface area contributed by atoms with Crippen LogP contribution in [0.15, 0.2) is 54.6 Å². The SMILES string of the molecule is CCNCc1cccc(NC(=O)CC2CN(Cc3ccccc3)CCO2)c1. The van der Waals surface area contributed by atoms with E-state index >= 15 is 0 Å². The van der Waals surface area contributed by atoms with E-state index < -0.39 is 0 Å². The van der Waals surface area contributed by atoms with Crippen molar-refractivity contribution in [2.24, 2.45) is 0 Å². The summed E-state index contributed by atoms with van der Waals surface area (Å²) in [6.45, 7) is 7.06. The summed E-state index contributed by atoms with van der Waals surface area (Å²) in [6, 6.07) is 18.4. The first-order valence-electron chi connectivity index (χ1n) is 9.70. The molecule has 0 aromatic heterocycles. The molecule has 1 atom stereocenters. The van der Waals surface area contributed by atoms with Gasteiger partial charge in [-0.15, -0.1) is 0 Å². The van der Waals surface area contributed by atoms with Crippen LogP contribution in [0.5, 0.6) is 0 Å². The number of benzene rings is 2. The molecule has 0 spiro atoms. The van der Waals surface area contributed by atoms with Gasteiger partial charge in [0.25, 0.3) is 0 Å². The maximum absolute atomic E-state index is 12.4. The molecule has 2 N–H and O–H groups in total. The molecular formula is C22H29N3O2. The number of ether oxygens (including phenoxy) is 1. The van der Waals surface area contributed by atoms with Crippen molar-refractivity contribution in [2.45, 2.75) is 32.5 Å². The van der Waals surface area contributed by atoms with Crippen molar-refractivity contribution in [3.05, 3.63) is 65.7 Å². The van der Waals surface area contributed by atoms with Gasteiger partial charge in [-0.25, -0.2) is 0 Å². The summed E-state index contributed by atoms with van der Waals surface area (Å²) in [5.41, 5.74) is 3.30. The molecule has 1 amide bonds. The van der Waals surface area contributed by atoms with Crippen molar-refractivity contribution in [3.8, 4) is 0 Å². The number of nitrogens with one attached hydrogen (secondary N) is 2. The minimum atomic E-state index is -0.0626. The quantitative estimate of drug-likeness (QED) is 0.753. The summed E-state index contributed by atoms with van der Waals surface area (Å²) in [5.74, 6) is 0.00200. The monoisotopic (exact) mass is 367 g/mol. The molecule has 1 heterocycles. The normalized spacial score (nSPS) is 17.6. The predicted octanol–water partition coefficient (Wildman–Crippen LogP) is 3.03. The molecule has 5 nitrogen and oxygen atoms in total. The van der Waals surface area contributed by atoms with E-state index in [1.807, 2.05) is 24.3 Å². The fraction of sp³-hybridized carbons (Fsp3) is 0.409. The van der Waals surface area contributed by atoms with Crippen LogP contribution in [0.1, 0.15) is 24.5 Å². The Morgan fingerprint density at radius 2 is 1.96 bits per heavy atom. The standard InChI is InChI=1S/C22H29N3O2/c1-2-23-15-19-9-6-10-20(13-19)24-22(26)14-21-17-25(11-12-27-21)16-18-7-4-3-5-8-18/h3-10,13,21,23H,2,11-12,14-17H2,1H3,(H,24,26). The Morgan fingerprint density at radius 1 is 1.15 bits per heavy atom. The molecule has 1 saturated heterocycles. The molecule has 3 rings (SSSR count). The lowest BCUT2D eigenvalue weighted by molar-refractivity contribution is -0.121. The van der Waals surface area contributed by atoms with Crippen molar-refractivity contribution in [1.29, 1.82) is 0 Å². The molecule has 0 saturated carbocycles. The zero-order valence-electron chi connectivity index (χ0n) is 16.0. The van der Waals surface area contributed by atoms with Gasteiger partial charge in [0.1, 0.15) is 0 Å². The molecule has 2 aromatic rings. The van der Waals surface area contributed by atoms with Gasteiger partial charge in [0.2, 0.25) is 5.91 Å². The number of carbonyl (C=O) groups excluding carboxylic acids is 1. The highest BCUT2D eigenvalue weighted by molar-refractivity contribution is 5.91. The third-order valence-electron chi connectivity index (χ3n) is 4.67. The van der Waals surface area contributed by atoms with Crippen molar-refractivity contribution in [3.63, 3.8) is 0 Å². The van der Waals surface area contributed by atoms with Crippen LogP contribution < -0.4 is 10.6 Å². The van der Waals surface area contributed by atoms with E-state index in [-0.39, 0.29) is 12.0 Å². The molecule has 2 aromatic carbocycles. The Labute approximate surface area is 161 Å². The zero-order chi connectivity index (χ0) is 18.9. The van der Waals surface area contributed by atoms with E-state index in [9.17, 15) is 4.79 Å². The fourth-order valence-corrected chi connectivity index (χ4v) is 3.34. The minimum absolute atomic E-state index is 0.00200. The Morgan fingerprint density at radius 3 is 2.78 bits per heavy atom. The Kier molecular flexibility index (Phi) is 7.39. The second-order valence-corrected chi connectivity index (χ2v) is 6.95. The number of nitrogens with zero attached hydrogens (tertiary/aromatic N) is 1. The number of hydrogen-bond donors (Lipinski definition) is 2. The molecular weight excluding hydrogens is 338 g/mol. The van der Waals surface area contributed by atoms with Gasteiger partial charge in [-0.05, 0) is 29.8 Å². The number of morpholine rings is 1. The van der Waals surface area contributed by atoms with Crippen LogP contribution in [-0.4, -0.2) is 43.2 Å².